The Morgan fingerprint density at radius 2 is 2.00 bits per heavy atom. The van der Waals surface area contributed by atoms with Crippen LogP contribution in [-0.4, -0.2) is 41.1 Å². The highest BCUT2D eigenvalue weighted by Gasteiger charge is 2.32. The number of aromatic nitrogens is 2. The van der Waals surface area contributed by atoms with Crippen LogP contribution in [0.4, 0.5) is 0 Å². The van der Waals surface area contributed by atoms with Gasteiger partial charge in [0.1, 0.15) is 5.82 Å². The average Bonchev–Trinajstić information content (AvgIpc) is 2.82. The molecule has 21 heavy (non-hydrogen) atoms. The molecule has 2 aliphatic heterocycles. The molecule has 1 fully saturated rings. The monoisotopic (exact) mass is 290 g/mol. The number of rotatable bonds is 3. The molecule has 0 aromatic carbocycles. The molecule has 0 radical (unpaired) electrons. The molecule has 4 nitrogen and oxygen atoms in total. The third-order valence-electron chi connectivity index (χ3n) is 5.27. The quantitative estimate of drug-likeness (QED) is 0.928. The van der Waals surface area contributed by atoms with Crippen molar-refractivity contribution in [1.82, 2.24) is 19.8 Å². The molecule has 4 heteroatoms. The van der Waals surface area contributed by atoms with Crippen LogP contribution < -0.4 is 5.32 Å². The van der Waals surface area contributed by atoms with E-state index >= 15 is 0 Å². The van der Waals surface area contributed by atoms with Gasteiger partial charge in [0.05, 0.1) is 5.69 Å². The smallest absolute Gasteiger partial charge is 0.111 e. The van der Waals surface area contributed by atoms with Crippen LogP contribution in [0.3, 0.4) is 0 Å². The van der Waals surface area contributed by atoms with E-state index in [0.717, 1.165) is 26.1 Å². The van der Waals surface area contributed by atoms with E-state index in [1.807, 2.05) is 0 Å². The van der Waals surface area contributed by atoms with Gasteiger partial charge in [-0.2, -0.15) is 0 Å². The first-order valence-electron chi connectivity index (χ1n) is 8.46. The van der Waals surface area contributed by atoms with Crippen molar-refractivity contribution in [3.05, 3.63) is 17.2 Å². The second-order valence-electron chi connectivity index (χ2n) is 7.64. The van der Waals surface area contributed by atoms with Crippen LogP contribution in [0.1, 0.15) is 56.7 Å². The van der Waals surface area contributed by atoms with E-state index in [-0.39, 0.29) is 0 Å². The Kier molecular flexibility index (Phi) is 4.10. The summed E-state index contributed by atoms with van der Waals surface area (Å²) in [5.74, 6) is 1.80. The highest BCUT2D eigenvalue weighted by molar-refractivity contribution is 5.22. The predicted octanol–water partition coefficient (Wildman–Crippen LogP) is 2.38. The summed E-state index contributed by atoms with van der Waals surface area (Å²) in [6, 6.07) is 0. The Hall–Kier alpha value is -0.870. The summed E-state index contributed by atoms with van der Waals surface area (Å²) in [6.07, 6.45) is 3.73. The largest absolute Gasteiger partial charge is 0.331 e. The summed E-state index contributed by atoms with van der Waals surface area (Å²) in [5, 5.41) is 3.46. The lowest BCUT2D eigenvalue weighted by Crippen LogP contribution is -2.39. The summed E-state index contributed by atoms with van der Waals surface area (Å²) in [4.78, 5) is 7.41. The van der Waals surface area contributed by atoms with Crippen LogP contribution in [-0.2, 0) is 19.5 Å². The van der Waals surface area contributed by atoms with Crippen LogP contribution in [0.2, 0.25) is 0 Å². The van der Waals surface area contributed by atoms with E-state index in [2.05, 4.69) is 42.6 Å². The van der Waals surface area contributed by atoms with Crippen molar-refractivity contribution >= 4 is 0 Å². The summed E-state index contributed by atoms with van der Waals surface area (Å²) >= 11 is 0. The van der Waals surface area contributed by atoms with Gasteiger partial charge in [0.25, 0.3) is 0 Å². The molecular weight excluding hydrogens is 260 g/mol. The molecule has 1 saturated heterocycles. The molecule has 3 rings (SSSR count). The van der Waals surface area contributed by atoms with Crippen LogP contribution in [0.15, 0.2) is 0 Å². The topological polar surface area (TPSA) is 33.1 Å². The molecule has 0 bridgehead atoms. The Morgan fingerprint density at radius 1 is 1.29 bits per heavy atom. The fraction of sp³-hybridized carbons (Fsp3) is 0.824. The van der Waals surface area contributed by atoms with Gasteiger partial charge in [-0.1, -0.05) is 20.8 Å². The Labute approximate surface area is 128 Å². The normalized spacial score (nSPS) is 22.5. The summed E-state index contributed by atoms with van der Waals surface area (Å²) < 4.78 is 2.58. The maximum atomic E-state index is 4.95. The Morgan fingerprint density at radius 3 is 2.67 bits per heavy atom. The zero-order valence-corrected chi connectivity index (χ0v) is 14.1. The van der Waals surface area contributed by atoms with Crippen molar-refractivity contribution in [3.8, 4) is 0 Å². The van der Waals surface area contributed by atoms with Crippen molar-refractivity contribution in [1.29, 1.82) is 0 Å². The zero-order valence-electron chi connectivity index (χ0n) is 14.1. The number of hydrogen-bond donors (Lipinski definition) is 1. The average molecular weight is 290 g/mol. The third kappa shape index (κ3) is 3.02. The molecule has 0 unspecified atom stereocenters. The van der Waals surface area contributed by atoms with Gasteiger partial charge in [0.2, 0.25) is 0 Å². The van der Waals surface area contributed by atoms with E-state index in [0.29, 0.717) is 11.3 Å². The molecule has 0 spiro atoms. The fourth-order valence-electron chi connectivity index (χ4n) is 3.71. The van der Waals surface area contributed by atoms with Crippen molar-refractivity contribution < 1.29 is 0 Å². The molecule has 1 N–H and O–H groups in total. The lowest BCUT2D eigenvalue weighted by Gasteiger charge is -2.39. The number of imidazole rings is 1. The number of nitrogens with zero attached hydrogens (tertiary/aromatic N) is 3. The lowest BCUT2D eigenvalue weighted by atomic mass is 9.80. The molecule has 0 aliphatic carbocycles. The van der Waals surface area contributed by atoms with Crippen molar-refractivity contribution in [2.45, 2.75) is 59.0 Å². The predicted molar refractivity (Wildman–Crippen MR) is 86.6 cm³/mol. The van der Waals surface area contributed by atoms with Gasteiger partial charge >= 0.3 is 0 Å². The first kappa shape index (κ1) is 15.0. The lowest BCUT2D eigenvalue weighted by molar-refractivity contribution is 0.118. The molecule has 118 valence electrons. The Balaban J connectivity index is 1.88. The van der Waals surface area contributed by atoms with E-state index in [1.54, 1.807) is 0 Å². The van der Waals surface area contributed by atoms with Gasteiger partial charge in [-0.05, 0) is 38.4 Å². The molecule has 1 aromatic heterocycles. The van der Waals surface area contributed by atoms with E-state index in [1.165, 1.54) is 43.1 Å². The van der Waals surface area contributed by atoms with E-state index < -0.39 is 0 Å². The third-order valence-corrected chi connectivity index (χ3v) is 5.27. The van der Waals surface area contributed by atoms with Crippen LogP contribution >= 0.6 is 0 Å². The standard InChI is InChI=1S/C17H30N4/c1-13(2)16-19-14-11-18-8-5-15(14)21(16)12-17(3)6-9-20(4)10-7-17/h13,18H,5-12H2,1-4H3. The maximum absolute atomic E-state index is 4.95. The van der Waals surface area contributed by atoms with E-state index in [9.17, 15) is 0 Å². The Bertz CT molecular complexity index is 495. The summed E-state index contributed by atoms with van der Waals surface area (Å²) in [5.41, 5.74) is 3.22. The van der Waals surface area contributed by atoms with Crippen molar-refractivity contribution in [2.75, 3.05) is 26.7 Å². The highest BCUT2D eigenvalue weighted by atomic mass is 15.1. The minimum atomic E-state index is 0.426. The second kappa shape index (κ2) is 5.73. The number of nitrogens with one attached hydrogen (secondary N) is 1. The van der Waals surface area contributed by atoms with Gasteiger partial charge < -0.3 is 14.8 Å². The van der Waals surface area contributed by atoms with Gasteiger partial charge in [0.15, 0.2) is 0 Å². The van der Waals surface area contributed by atoms with Crippen molar-refractivity contribution in [2.24, 2.45) is 5.41 Å². The SMILES string of the molecule is CC(C)c1nc2c(n1CC1(C)CCN(C)CC1)CCNC2. The molecule has 3 heterocycles. The minimum Gasteiger partial charge on any atom is -0.331 e. The van der Waals surface area contributed by atoms with Gasteiger partial charge in [-0.15, -0.1) is 0 Å². The number of piperidine rings is 1. The zero-order chi connectivity index (χ0) is 15.0. The summed E-state index contributed by atoms with van der Waals surface area (Å²) in [7, 11) is 2.24. The molecule has 2 aliphatic rings. The number of fused-ring (bicyclic) bond motifs is 1. The number of hydrogen-bond acceptors (Lipinski definition) is 3. The fourth-order valence-corrected chi connectivity index (χ4v) is 3.71. The van der Waals surface area contributed by atoms with Gasteiger partial charge in [-0.3, -0.25) is 0 Å². The highest BCUT2D eigenvalue weighted by Crippen LogP contribution is 2.34. The van der Waals surface area contributed by atoms with Crippen LogP contribution in [0, 0.1) is 5.41 Å². The van der Waals surface area contributed by atoms with Crippen LogP contribution in [0.25, 0.3) is 0 Å². The second-order valence-corrected chi connectivity index (χ2v) is 7.64. The first-order valence-corrected chi connectivity index (χ1v) is 8.46. The molecule has 0 atom stereocenters. The van der Waals surface area contributed by atoms with Crippen molar-refractivity contribution in [3.63, 3.8) is 0 Å². The molecular formula is C17H30N4. The maximum Gasteiger partial charge on any atom is 0.111 e. The van der Waals surface area contributed by atoms with Gasteiger partial charge in [0, 0.05) is 37.7 Å². The molecule has 0 amide bonds. The first-order chi connectivity index (χ1) is 9.98. The number of likely N-dealkylation sites (tertiary alicyclic amines) is 1. The summed E-state index contributed by atoms with van der Waals surface area (Å²) in [6.45, 7) is 12.7. The van der Waals surface area contributed by atoms with Crippen LogP contribution in [0.5, 0.6) is 0 Å². The minimum absolute atomic E-state index is 0.426. The molecule has 1 aromatic rings. The van der Waals surface area contributed by atoms with Gasteiger partial charge in [-0.25, -0.2) is 4.98 Å². The van der Waals surface area contributed by atoms with E-state index in [4.69, 9.17) is 4.98 Å². The molecule has 0 saturated carbocycles.